The van der Waals surface area contributed by atoms with Crippen LogP contribution in [-0.4, -0.2) is 46.9 Å². The van der Waals surface area contributed by atoms with Gasteiger partial charge in [0.25, 0.3) is 0 Å². The third-order valence-corrected chi connectivity index (χ3v) is 4.63. The summed E-state index contributed by atoms with van der Waals surface area (Å²) in [7, 11) is 1.64. The van der Waals surface area contributed by atoms with E-state index in [2.05, 4.69) is 5.10 Å². The molecule has 1 saturated heterocycles. The number of amides is 1. The molecule has 0 N–H and O–H groups in total. The molecule has 3 rings (SSSR count). The van der Waals surface area contributed by atoms with E-state index in [0.717, 1.165) is 30.8 Å². The van der Waals surface area contributed by atoms with Crippen molar-refractivity contribution in [3.8, 4) is 11.5 Å². The van der Waals surface area contributed by atoms with Gasteiger partial charge in [-0.15, -0.1) is 0 Å². The van der Waals surface area contributed by atoms with E-state index in [1.54, 1.807) is 18.0 Å². The van der Waals surface area contributed by atoms with Gasteiger partial charge in [0.1, 0.15) is 12.1 Å². The van der Waals surface area contributed by atoms with Crippen LogP contribution in [0.3, 0.4) is 0 Å². The van der Waals surface area contributed by atoms with E-state index in [0.29, 0.717) is 13.1 Å². The van der Waals surface area contributed by atoms with Crippen molar-refractivity contribution in [2.75, 3.05) is 20.2 Å². The fourth-order valence-electron chi connectivity index (χ4n) is 3.24. The van der Waals surface area contributed by atoms with Crippen molar-refractivity contribution in [1.29, 1.82) is 0 Å². The van der Waals surface area contributed by atoms with Crippen molar-refractivity contribution in [2.45, 2.75) is 38.3 Å². The molecule has 1 unspecified atom stereocenters. The van der Waals surface area contributed by atoms with Gasteiger partial charge >= 0.3 is 0 Å². The molecule has 0 radical (unpaired) electrons. The number of carbonyl (C=O) groups is 1. The van der Waals surface area contributed by atoms with Crippen molar-refractivity contribution in [3.05, 3.63) is 42.7 Å². The normalized spacial score (nSPS) is 16.5. The predicted molar refractivity (Wildman–Crippen MR) is 94.8 cm³/mol. The number of hydrogen-bond donors (Lipinski definition) is 0. The second-order valence-electron chi connectivity index (χ2n) is 6.20. The quantitative estimate of drug-likeness (QED) is 0.809. The Morgan fingerprint density at radius 1 is 1.24 bits per heavy atom. The summed E-state index contributed by atoms with van der Waals surface area (Å²) in [4.78, 5) is 14.7. The summed E-state index contributed by atoms with van der Waals surface area (Å²) in [5, 5.41) is 4.22. The van der Waals surface area contributed by atoms with Crippen LogP contribution < -0.4 is 9.47 Å². The molecule has 1 amide bonds. The first-order valence-electron chi connectivity index (χ1n) is 8.80. The Balaban J connectivity index is 1.57. The molecule has 25 heavy (non-hydrogen) atoms. The average molecular weight is 343 g/mol. The minimum absolute atomic E-state index is 0.102. The van der Waals surface area contributed by atoms with Crippen LogP contribution in [0.2, 0.25) is 0 Å². The van der Waals surface area contributed by atoms with Crippen molar-refractivity contribution >= 4 is 5.91 Å². The number of methoxy groups -OCH3 is 1. The molecule has 1 atom stereocenters. The molecule has 1 aromatic carbocycles. The maximum Gasteiger partial charge on any atom is 0.247 e. The molecular weight excluding hydrogens is 318 g/mol. The smallest absolute Gasteiger partial charge is 0.247 e. The number of likely N-dealkylation sites (tertiary alicyclic amines) is 1. The highest BCUT2D eigenvalue weighted by Gasteiger charge is 2.29. The minimum atomic E-state index is -0.221. The third kappa shape index (κ3) is 3.95. The van der Waals surface area contributed by atoms with Gasteiger partial charge in [-0.1, -0.05) is 19.1 Å². The van der Waals surface area contributed by atoms with Gasteiger partial charge in [-0.25, -0.2) is 0 Å². The zero-order valence-corrected chi connectivity index (χ0v) is 14.8. The Bertz CT molecular complexity index is 679. The topological polar surface area (TPSA) is 56.6 Å². The van der Waals surface area contributed by atoms with Gasteiger partial charge in [0.2, 0.25) is 5.91 Å². The zero-order valence-electron chi connectivity index (χ0n) is 14.8. The largest absolute Gasteiger partial charge is 0.493 e. The first kappa shape index (κ1) is 17.3. The van der Waals surface area contributed by atoms with Crippen molar-refractivity contribution < 1.29 is 14.3 Å². The average Bonchev–Trinajstić information content (AvgIpc) is 3.17. The summed E-state index contributed by atoms with van der Waals surface area (Å²) in [5.41, 5.74) is 0. The molecule has 1 aromatic heterocycles. The molecule has 134 valence electrons. The maximum absolute atomic E-state index is 12.8. The van der Waals surface area contributed by atoms with Crippen LogP contribution in [0.5, 0.6) is 11.5 Å². The number of piperidine rings is 1. The Hall–Kier alpha value is -2.50. The Morgan fingerprint density at radius 2 is 1.96 bits per heavy atom. The fourth-order valence-corrected chi connectivity index (χ4v) is 3.24. The van der Waals surface area contributed by atoms with E-state index in [9.17, 15) is 4.79 Å². The van der Waals surface area contributed by atoms with Crippen LogP contribution in [0, 0.1) is 0 Å². The minimum Gasteiger partial charge on any atom is -0.493 e. The summed E-state index contributed by atoms with van der Waals surface area (Å²) < 4.78 is 13.2. The van der Waals surface area contributed by atoms with Gasteiger partial charge in [-0.3, -0.25) is 9.48 Å². The molecule has 0 bridgehead atoms. The second kappa shape index (κ2) is 8.05. The molecule has 6 heteroatoms. The fraction of sp³-hybridized carbons (Fsp3) is 0.474. The Morgan fingerprint density at radius 3 is 2.56 bits per heavy atom. The number of hydrogen-bond acceptors (Lipinski definition) is 4. The number of aromatic nitrogens is 2. The van der Waals surface area contributed by atoms with Gasteiger partial charge in [0, 0.05) is 38.3 Å². The van der Waals surface area contributed by atoms with E-state index in [1.807, 2.05) is 48.4 Å². The monoisotopic (exact) mass is 343 g/mol. The zero-order chi connectivity index (χ0) is 17.6. The standard InChI is InChI=1S/C19H25N3O3/c1-3-16(22-12-6-11-20-22)19(23)21-13-9-15(10-14-21)25-18-8-5-4-7-17(18)24-2/h4-8,11-12,15-16H,3,9-10,13-14H2,1-2H3. The molecule has 0 saturated carbocycles. The van der Waals surface area contributed by atoms with Crippen molar-refractivity contribution in [1.82, 2.24) is 14.7 Å². The number of nitrogens with zero attached hydrogens (tertiary/aromatic N) is 3. The molecule has 1 aliphatic rings. The molecule has 6 nitrogen and oxygen atoms in total. The van der Waals surface area contributed by atoms with Crippen molar-refractivity contribution in [3.63, 3.8) is 0 Å². The van der Waals surface area contributed by atoms with E-state index in [-0.39, 0.29) is 18.1 Å². The first-order chi connectivity index (χ1) is 12.2. The van der Waals surface area contributed by atoms with Crippen LogP contribution in [0.4, 0.5) is 0 Å². The number of carbonyl (C=O) groups excluding carboxylic acids is 1. The second-order valence-corrected chi connectivity index (χ2v) is 6.20. The highest BCUT2D eigenvalue weighted by Crippen LogP contribution is 2.29. The SMILES string of the molecule is CCC(C(=O)N1CCC(Oc2ccccc2OC)CC1)n1cccn1. The Kier molecular flexibility index (Phi) is 5.58. The van der Waals surface area contributed by atoms with Gasteiger partial charge in [0.05, 0.1) is 7.11 Å². The highest BCUT2D eigenvalue weighted by molar-refractivity contribution is 5.80. The molecule has 0 spiro atoms. The summed E-state index contributed by atoms with van der Waals surface area (Å²) in [6, 6.07) is 9.30. The van der Waals surface area contributed by atoms with Crippen molar-refractivity contribution in [2.24, 2.45) is 0 Å². The Labute approximate surface area is 148 Å². The lowest BCUT2D eigenvalue weighted by Gasteiger charge is -2.34. The third-order valence-electron chi connectivity index (χ3n) is 4.63. The predicted octanol–water partition coefficient (Wildman–Crippen LogP) is 2.91. The van der Waals surface area contributed by atoms with Crippen LogP contribution in [0.15, 0.2) is 42.7 Å². The van der Waals surface area contributed by atoms with Gasteiger partial charge in [-0.05, 0) is 24.6 Å². The molecule has 2 heterocycles. The summed E-state index contributed by atoms with van der Waals surface area (Å²) in [6.07, 6.45) is 6.04. The molecule has 1 aliphatic heterocycles. The van der Waals surface area contributed by atoms with E-state index in [1.165, 1.54) is 0 Å². The lowest BCUT2D eigenvalue weighted by molar-refractivity contribution is -0.137. The molecule has 1 fully saturated rings. The number of para-hydroxylation sites is 2. The summed E-state index contributed by atoms with van der Waals surface area (Å²) in [6.45, 7) is 3.43. The van der Waals surface area contributed by atoms with E-state index < -0.39 is 0 Å². The van der Waals surface area contributed by atoms with E-state index in [4.69, 9.17) is 9.47 Å². The lowest BCUT2D eigenvalue weighted by Crippen LogP contribution is -2.44. The maximum atomic E-state index is 12.8. The lowest BCUT2D eigenvalue weighted by atomic mass is 10.1. The number of rotatable bonds is 6. The summed E-state index contributed by atoms with van der Waals surface area (Å²) in [5.74, 6) is 1.64. The molecular formula is C19H25N3O3. The highest BCUT2D eigenvalue weighted by atomic mass is 16.5. The van der Waals surface area contributed by atoms with Gasteiger partial charge in [-0.2, -0.15) is 5.10 Å². The molecule has 0 aliphatic carbocycles. The van der Waals surface area contributed by atoms with Crippen LogP contribution in [0.25, 0.3) is 0 Å². The van der Waals surface area contributed by atoms with E-state index >= 15 is 0 Å². The molecule has 2 aromatic rings. The van der Waals surface area contributed by atoms with Crippen LogP contribution >= 0.6 is 0 Å². The summed E-state index contributed by atoms with van der Waals surface area (Å²) >= 11 is 0. The number of benzene rings is 1. The van der Waals surface area contributed by atoms with Crippen LogP contribution in [-0.2, 0) is 4.79 Å². The first-order valence-corrected chi connectivity index (χ1v) is 8.80. The van der Waals surface area contributed by atoms with Crippen LogP contribution in [0.1, 0.15) is 32.2 Å². The van der Waals surface area contributed by atoms with Gasteiger partial charge < -0.3 is 14.4 Å². The number of ether oxygens (including phenoxy) is 2. The van der Waals surface area contributed by atoms with Gasteiger partial charge in [0.15, 0.2) is 11.5 Å².